The summed E-state index contributed by atoms with van der Waals surface area (Å²) in [6, 6.07) is 8.01. The highest BCUT2D eigenvalue weighted by Gasteiger charge is 2.17. The topological polar surface area (TPSA) is 29.5 Å². The molecule has 0 radical (unpaired) electrons. The minimum absolute atomic E-state index is 0.00495. The Morgan fingerprint density at radius 2 is 2.36 bits per heavy atom. The van der Waals surface area contributed by atoms with Gasteiger partial charge in [-0.2, -0.15) is 0 Å². The molecule has 14 heavy (non-hydrogen) atoms. The number of ether oxygens (including phenoxy) is 1. The van der Waals surface area contributed by atoms with Crippen molar-refractivity contribution in [3.63, 3.8) is 0 Å². The molecule has 0 aliphatic carbocycles. The maximum absolute atomic E-state index is 8.93. The van der Waals surface area contributed by atoms with Gasteiger partial charge in [0, 0.05) is 4.47 Å². The fourth-order valence-corrected chi connectivity index (χ4v) is 1.90. The van der Waals surface area contributed by atoms with Crippen molar-refractivity contribution in [1.82, 2.24) is 0 Å². The number of benzene rings is 1. The average Bonchev–Trinajstić information content (AvgIpc) is 2.66. The van der Waals surface area contributed by atoms with Gasteiger partial charge in [-0.25, -0.2) is 0 Å². The second-order valence-corrected chi connectivity index (χ2v) is 4.19. The van der Waals surface area contributed by atoms with Crippen molar-refractivity contribution < 1.29 is 9.84 Å². The Balaban J connectivity index is 2.21. The summed E-state index contributed by atoms with van der Waals surface area (Å²) in [5, 5.41) is 8.93. The van der Waals surface area contributed by atoms with E-state index in [-0.39, 0.29) is 12.7 Å². The molecule has 0 amide bonds. The van der Waals surface area contributed by atoms with Gasteiger partial charge in [0.15, 0.2) is 0 Å². The van der Waals surface area contributed by atoms with Gasteiger partial charge in [0.2, 0.25) is 0 Å². The van der Waals surface area contributed by atoms with Gasteiger partial charge in [-0.05, 0) is 29.3 Å². The van der Waals surface area contributed by atoms with Gasteiger partial charge in [-0.1, -0.05) is 28.1 Å². The summed E-state index contributed by atoms with van der Waals surface area (Å²) in [5.41, 5.74) is 2.07. The van der Waals surface area contributed by atoms with E-state index in [1.807, 2.05) is 30.3 Å². The normalized spacial score (nSPS) is 21.0. The lowest BCUT2D eigenvalue weighted by molar-refractivity contribution is 0.123. The second kappa shape index (κ2) is 4.26. The molecule has 0 bridgehead atoms. The molecule has 74 valence electrons. The minimum atomic E-state index is -0.00495. The SMILES string of the molecule is OCC1=C[C@H](c2cccc(Br)c2)OC1. The number of hydrogen-bond acceptors (Lipinski definition) is 2. The lowest BCUT2D eigenvalue weighted by Gasteiger charge is -2.08. The van der Waals surface area contributed by atoms with Crippen LogP contribution in [0.3, 0.4) is 0 Å². The molecule has 2 rings (SSSR count). The first-order valence-electron chi connectivity index (χ1n) is 4.47. The summed E-state index contributed by atoms with van der Waals surface area (Å²) in [4.78, 5) is 0. The third-order valence-corrected chi connectivity index (χ3v) is 2.71. The van der Waals surface area contributed by atoms with Crippen molar-refractivity contribution in [1.29, 1.82) is 0 Å². The summed E-state index contributed by atoms with van der Waals surface area (Å²) in [6.07, 6.45) is 1.97. The maximum atomic E-state index is 8.93. The lowest BCUT2D eigenvalue weighted by Crippen LogP contribution is -1.96. The van der Waals surface area contributed by atoms with Crippen molar-refractivity contribution in [2.75, 3.05) is 13.2 Å². The van der Waals surface area contributed by atoms with E-state index >= 15 is 0 Å². The highest BCUT2D eigenvalue weighted by atomic mass is 79.9. The third-order valence-electron chi connectivity index (χ3n) is 2.22. The van der Waals surface area contributed by atoms with E-state index < -0.39 is 0 Å². The summed E-state index contributed by atoms with van der Waals surface area (Å²) in [5.74, 6) is 0. The zero-order valence-corrected chi connectivity index (χ0v) is 9.20. The molecule has 0 fully saturated rings. The molecule has 2 nitrogen and oxygen atoms in total. The van der Waals surface area contributed by atoms with Crippen LogP contribution in [0.5, 0.6) is 0 Å². The van der Waals surface area contributed by atoms with E-state index in [0.717, 1.165) is 15.6 Å². The number of hydrogen-bond donors (Lipinski definition) is 1. The summed E-state index contributed by atoms with van der Waals surface area (Å²) in [6.45, 7) is 0.623. The van der Waals surface area contributed by atoms with Gasteiger partial charge in [-0.3, -0.25) is 0 Å². The molecule has 0 aromatic heterocycles. The maximum Gasteiger partial charge on any atom is 0.102 e. The van der Waals surface area contributed by atoms with Crippen LogP contribution in [0.1, 0.15) is 11.7 Å². The highest BCUT2D eigenvalue weighted by molar-refractivity contribution is 9.10. The first-order valence-corrected chi connectivity index (χ1v) is 5.26. The van der Waals surface area contributed by atoms with Crippen molar-refractivity contribution in [3.05, 3.63) is 46.0 Å². The number of aliphatic hydroxyl groups is 1. The molecule has 1 aromatic carbocycles. The summed E-state index contributed by atoms with van der Waals surface area (Å²) >= 11 is 3.42. The van der Waals surface area contributed by atoms with E-state index in [9.17, 15) is 0 Å². The average molecular weight is 255 g/mol. The van der Waals surface area contributed by atoms with Gasteiger partial charge >= 0.3 is 0 Å². The zero-order valence-electron chi connectivity index (χ0n) is 7.61. The Hall–Kier alpha value is -0.640. The lowest BCUT2D eigenvalue weighted by atomic mass is 10.1. The molecule has 1 aromatic rings. The van der Waals surface area contributed by atoms with Crippen LogP contribution in [0.4, 0.5) is 0 Å². The first kappa shape index (κ1) is 9.90. The number of aliphatic hydroxyl groups excluding tert-OH is 1. The standard InChI is InChI=1S/C11H11BrO2/c12-10-3-1-2-9(5-10)11-4-8(6-13)7-14-11/h1-5,11,13H,6-7H2/t11-/m1/s1. The molecular weight excluding hydrogens is 244 g/mol. The van der Waals surface area contributed by atoms with E-state index in [1.165, 1.54) is 0 Å². The van der Waals surface area contributed by atoms with Crippen LogP contribution in [0.2, 0.25) is 0 Å². The molecule has 0 saturated carbocycles. The molecule has 0 unspecified atom stereocenters. The van der Waals surface area contributed by atoms with Gasteiger partial charge < -0.3 is 9.84 Å². The van der Waals surface area contributed by atoms with E-state index in [2.05, 4.69) is 15.9 Å². The van der Waals surface area contributed by atoms with Crippen LogP contribution in [0, 0.1) is 0 Å². The molecule has 1 N–H and O–H groups in total. The quantitative estimate of drug-likeness (QED) is 0.822. The second-order valence-electron chi connectivity index (χ2n) is 3.27. The van der Waals surface area contributed by atoms with Crippen LogP contribution >= 0.6 is 15.9 Å². The van der Waals surface area contributed by atoms with Crippen molar-refractivity contribution in [2.24, 2.45) is 0 Å². The van der Waals surface area contributed by atoms with Gasteiger partial charge in [0.05, 0.1) is 13.2 Å². The van der Waals surface area contributed by atoms with Crippen LogP contribution in [-0.2, 0) is 4.74 Å². The van der Waals surface area contributed by atoms with E-state index in [4.69, 9.17) is 9.84 Å². The van der Waals surface area contributed by atoms with Crippen LogP contribution in [-0.4, -0.2) is 18.3 Å². The van der Waals surface area contributed by atoms with Gasteiger partial charge in [-0.15, -0.1) is 0 Å². The molecule has 3 heteroatoms. The van der Waals surface area contributed by atoms with E-state index in [1.54, 1.807) is 0 Å². The van der Waals surface area contributed by atoms with Crippen molar-refractivity contribution >= 4 is 15.9 Å². The smallest absolute Gasteiger partial charge is 0.102 e. The predicted molar refractivity (Wildman–Crippen MR) is 58.0 cm³/mol. The Morgan fingerprint density at radius 1 is 1.50 bits per heavy atom. The molecular formula is C11H11BrO2. The van der Waals surface area contributed by atoms with E-state index in [0.29, 0.717) is 6.61 Å². The summed E-state index contributed by atoms with van der Waals surface area (Å²) < 4.78 is 6.57. The fourth-order valence-electron chi connectivity index (χ4n) is 1.48. The minimum Gasteiger partial charge on any atom is -0.392 e. The molecule has 1 aliphatic heterocycles. The summed E-state index contributed by atoms with van der Waals surface area (Å²) in [7, 11) is 0. The molecule has 0 saturated heterocycles. The van der Waals surface area contributed by atoms with Crippen molar-refractivity contribution in [2.45, 2.75) is 6.10 Å². The zero-order chi connectivity index (χ0) is 9.97. The highest BCUT2D eigenvalue weighted by Crippen LogP contribution is 2.27. The first-order chi connectivity index (χ1) is 6.79. The Labute approximate surface area is 91.3 Å². The fraction of sp³-hybridized carbons (Fsp3) is 0.273. The molecule has 1 atom stereocenters. The van der Waals surface area contributed by atoms with Crippen LogP contribution < -0.4 is 0 Å². The number of rotatable bonds is 2. The number of halogens is 1. The molecule has 0 spiro atoms. The van der Waals surface area contributed by atoms with Crippen molar-refractivity contribution in [3.8, 4) is 0 Å². The Morgan fingerprint density at radius 3 is 3.00 bits per heavy atom. The van der Waals surface area contributed by atoms with Gasteiger partial charge in [0.25, 0.3) is 0 Å². The molecule has 1 heterocycles. The molecule has 1 aliphatic rings. The monoisotopic (exact) mass is 254 g/mol. The van der Waals surface area contributed by atoms with Gasteiger partial charge in [0.1, 0.15) is 6.10 Å². The van der Waals surface area contributed by atoms with Crippen LogP contribution in [0.25, 0.3) is 0 Å². The Bertz CT molecular complexity index is 360. The van der Waals surface area contributed by atoms with Crippen LogP contribution in [0.15, 0.2) is 40.4 Å². The largest absolute Gasteiger partial charge is 0.392 e. The Kier molecular flexibility index (Phi) is 3.01. The predicted octanol–water partition coefficient (Wildman–Crippen LogP) is 2.44. The third kappa shape index (κ3) is 2.05.